The highest BCUT2D eigenvalue weighted by Gasteiger charge is 2.25. The van der Waals surface area contributed by atoms with Gasteiger partial charge in [0, 0.05) is 25.9 Å². The van der Waals surface area contributed by atoms with Crippen LogP contribution in [0.4, 0.5) is 5.95 Å². The van der Waals surface area contributed by atoms with Crippen LogP contribution in [0.25, 0.3) is 0 Å². The van der Waals surface area contributed by atoms with Gasteiger partial charge in [0.2, 0.25) is 11.9 Å². The summed E-state index contributed by atoms with van der Waals surface area (Å²) in [5, 5.41) is 18.5. The summed E-state index contributed by atoms with van der Waals surface area (Å²) in [6, 6.07) is 10.2. The minimum Gasteiger partial charge on any atom is -0.393 e. The first kappa shape index (κ1) is 18.4. The van der Waals surface area contributed by atoms with Crippen LogP contribution in [0.15, 0.2) is 30.3 Å². The standard InChI is InChI=1S/C19H27N5O2/c1-14(25)11-18-21-22-19(24(18)13-16-5-3-2-4-6-16)23-9-7-15(8-10-23)12-17(20)26/h2-6,14-15,25H,7-13H2,1H3,(H2,20,26)/t14-/m0/s1. The van der Waals surface area contributed by atoms with Crippen molar-refractivity contribution in [1.29, 1.82) is 0 Å². The number of aliphatic hydroxyl groups excluding tert-OH is 1. The fourth-order valence-electron chi connectivity index (χ4n) is 3.52. The molecule has 7 nitrogen and oxygen atoms in total. The second-order valence-electron chi connectivity index (χ2n) is 7.14. The van der Waals surface area contributed by atoms with Crippen LogP contribution in [0.1, 0.15) is 37.6 Å². The average molecular weight is 357 g/mol. The van der Waals surface area contributed by atoms with Gasteiger partial charge in [-0.3, -0.25) is 9.36 Å². The van der Waals surface area contributed by atoms with Gasteiger partial charge in [-0.2, -0.15) is 0 Å². The van der Waals surface area contributed by atoms with Crippen LogP contribution in [0, 0.1) is 5.92 Å². The Balaban J connectivity index is 1.78. The van der Waals surface area contributed by atoms with Gasteiger partial charge in [0.05, 0.1) is 12.6 Å². The number of piperidine rings is 1. The van der Waals surface area contributed by atoms with Crippen molar-refractivity contribution >= 4 is 11.9 Å². The van der Waals surface area contributed by atoms with Gasteiger partial charge in [0.15, 0.2) is 0 Å². The van der Waals surface area contributed by atoms with Gasteiger partial charge in [0.25, 0.3) is 0 Å². The Kier molecular flexibility index (Phi) is 5.88. The molecule has 1 aliphatic rings. The summed E-state index contributed by atoms with van der Waals surface area (Å²) in [7, 11) is 0. The summed E-state index contributed by atoms with van der Waals surface area (Å²) < 4.78 is 2.09. The Hall–Kier alpha value is -2.41. The summed E-state index contributed by atoms with van der Waals surface area (Å²) in [6.07, 6.45) is 2.30. The first-order valence-corrected chi connectivity index (χ1v) is 9.20. The molecule has 0 saturated carbocycles. The molecular formula is C19H27N5O2. The monoisotopic (exact) mass is 357 g/mol. The van der Waals surface area contributed by atoms with Crippen molar-refractivity contribution in [3.63, 3.8) is 0 Å². The molecule has 0 radical (unpaired) electrons. The van der Waals surface area contributed by atoms with E-state index in [4.69, 9.17) is 5.73 Å². The molecular weight excluding hydrogens is 330 g/mol. The quantitative estimate of drug-likeness (QED) is 0.779. The fourth-order valence-corrected chi connectivity index (χ4v) is 3.52. The lowest BCUT2D eigenvalue weighted by atomic mass is 9.93. The molecule has 140 valence electrons. The number of hydrogen-bond donors (Lipinski definition) is 2. The van der Waals surface area contributed by atoms with Crippen molar-refractivity contribution in [2.24, 2.45) is 11.7 Å². The number of anilines is 1. The van der Waals surface area contributed by atoms with Crippen molar-refractivity contribution < 1.29 is 9.90 Å². The first-order valence-electron chi connectivity index (χ1n) is 9.20. The fraction of sp³-hybridized carbons (Fsp3) is 0.526. The second kappa shape index (κ2) is 8.31. The maximum absolute atomic E-state index is 11.1. The average Bonchev–Trinajstić information content (AvgIpc) is 2.98. The number of nitrogens with zero attached hydrogens (tertiary/aromatic N) is 4. The lowest BCUT2D eigenvalue weighted by Crippen LogP contribution is -2.37. The molecule has 2 aromatic rings. The molecule has 3 N–H and O–H groups in total. The first-order chi connectivity index (χ1) is 12.5. The third-order valence-electron chi connectivity index (χ3n) is 4.86. The van der Waals surface area contributed by atoms with Gasteiger partial charge in [-0.25, -0.2) is 0 Å². The van der Waals surface area contributed by atoms with Crippen LogP contribution >= 0.6 is 0 Å². The largest absolute Gasteiger partial charge is 0.393 e. The number of aliphatic hydroxyl groups is 1. The zero-order valence-corrected chi connectivity index (χ0v) is 15.2. The van der Waals surface area contributed by atoms with E-state index >= 15 is 0 Å². The normalized spacial score (nSPS) is 16.6. The van der Waals surface area contributed by atoms with Crippen LogP contribution < -0.4 is 10.6 Å². The number of hydrogen-bond acceptors (Lipinski definition) is 5. The Bertz CT molecular complexity index is 721. The summed E-state index contributed by atoms with van der Waals surface area (Å²) in [5.74, 6) is 1.75. The van der Waals surface area contributed by atoms with Crippen LogP contribution in [0.2, 0.25) is 0 Å². The third-order valence-corrected chi connectivity index (χ3v) is 4.86. The molecule has 0 aliphatic carbocycles. The van der Waals surface area contributed by atoms with Crippen LogP contribution in [0.5, 0.6) is 0 Å². The number of nitrogens with two attached hydrogens (primary N) is 1. The van der Waals surface area contributed by atoms with Crippen LogP contribution in [-0.4, -0.2) is 45.0 Å². The number of aromatic nitrogens is 3. The van der Waals surface area contributed by atoms with E-state index in [1.165, 1.54) is 5.56 Å². The zero-order chi connectivity index (χ0) is 18.5. The zero-order valence-electron chi connectivity index (χ0n) is 15.2. The molecule has 26 heavy (non-hydrogen) atoms. The van der Waals surface area contributed by atoms with E-state index in [1.54, 1.807) is 6.92 Å². The third kappa shape index (κ3) is 4.60. The van der Waals surface area contributed by atoms with Gasteiger partial charge in [-0.15, -0.1) is 10.2 Å². The molecule has 1 amide bonds. The van der Waals surface area contributed by atoms with E-state index in [1.807, 2.05) is 18.2 Å². The molecule has 1 aromatic heterocycles. The lowest BCUT2D eigenvalue weighted by Gasteiger charge is -2.32. The Morgan fingerprint density at radius 2 is 1.96 bits per heavy atom. The minimum atomic E-state index is -0.470. The smallest absolute Gasteiger partial charge is 0.227 e. The number of carbonyl (C=O) groups is 1. The SMILES string of the molecule is C[C@H](O)Cc1nnc(N2CCC(CC(N)=O)CC2)n1Cc1ccccc1. The highest BCUT2D eigenvalue weighted by Crippen LogP contribution is 2.25. The molecule has 1 saturated heterocycles. The van der Waals surface area contributed by atoms with Crippen molar-refractivity contribution in [3.05, 3.63) is 41.7 Å². The highest BCUT2D eigenvalue weighted by atomic mass is 16.3. The number of benzene rings is 1. The maximum atomic E-state index is 11.1. The van der Waals surface area contributed by atoms with E-state index in [0.29, 0.717) is 25.3 Å². The Morgan fingerprint density at radius 1 is 1.27 bits per heavy atom. The predicted molar refractivity (Wildman–Crippen MR) is 99.7 cm³/mol. The van der Waals surface area contributed by atoms with Crippen molar-refractivity contribution in [2.45, 2.75) is 45.3 Å². The summed E-state index contributed by atoms with van der Waals surface area (Å²) >= 11 is 0. The molecule has 0 bridgehead atoms. The number of amides is 1. The highest BCUT2D eigenvalue weighted by molar-refractivity contribution is 5.74. The second-order valence-corrected chi connectivity index (χ2v) is 7.14. The number of primary amides is 1. The summed E-state index contributed by atoms with van der Waals surface area (Å²) in [5.41, 5.74) is 6.50. The molecule has 1 atom stereocenters. The number of carbonyl (C=O) groups excluding carboxylic acids is 1. The Labute approximate surface area is 153 Å². The van der Waals surface area contributed by atoms with Crippen molar-refractivity contribution in [3.8, 4) is 0 Å². The number of rotatable bonds is 7. The topological polar surface area (TPSA) is 97.3 Å². The molecule has 0 spiro atoms. The van der Waals surface area contributed by atoms with Crippen molar-refractivity contribution in [2.75, 3.05) is 18.0 Å². The van der Waals surface area contributed by atoms with E-state index < -0.39 is 6.10 Å². The van der Waals surface area contributed by atoms with E-state index in [2.05, 4.69) is 31.8 Å². The van der Waals surface area contributed by atoms with Crippen LogP contribution in [-0.2, 0) is 17.8 Å². The molecule has 1 fully saturated rings. The van der Waals surface area contributed by atoms with Crippen molar-refractivity contribution in [1.82, 2.24) is 14.8 Å². The Morgan fingerprint density at radius 3 is 2.58 bits per heavy atom. The van der Waals surface area contributed by atoms with Gasteiger partial charge in [0.1, 0.15) is 5.82 Å². The van der Waals surface area contributed by atoms with Crippen LogP contribution in [0.3, 0.4) is 0 Å². The molecule has 1 aromatic carbocycles. The molecule has 1 aliphatic heterocycles. The van der Waals surface area contributed by atoms with E-state index in [9.17, 15) is 9.90 Å². The van der Waals surface area contributed by atoms with Gasteiger partial charge < -0.3 is 15.7 Å². The molecule has 7 heteroatoms. The van der Waals surface area contributed by atoms with E-state index in [-0.39, 0.29) is 5.91 Å². The molecule has 0 unspecified atom stereocenters. The lowest BCUT2D eigenvalue weighted by molar-refractivity contribution is -0.119. The van der Waals surface area contributed by atoms with E-state index in [0.717, 1.165) is 37.7 Å². The summed E-state index contributed by atoms with van der Waals surface area (Å²) in [4.78, 5) is 13.4. The van der Waals surface area contributed by atoms with Gasteiger partial charge in [-0.1, -0.05) is 30.3 Å². The molecule has 3 rings (SSSR count). The van der Waals surface area contributed by atoms with Gasteiger partial charge >= 0.3 is 0 Å². The summed E-state index contributed by atoms with van der Waals surface area (Å²) in [6.45, 7) is 4.10. The maximum Gasteiger partial charge on any atom is 0.227 e. The van der Waals surface area contributed by atoms with Gasteiger partial charge in [-0.05, 0) is 31.2 Å². The molecule has 2 heterocycles. The minimum absolute atomic E-state index is 0.227. The predicted octanol–water partition coefficient (Wildman–Crippen LogP) is 1.34.